The molecule has 0 amide bonds. The molecule has 1 aliphatic heterocycles. The van der Waals surface area contributed by atoms with Crippen molar-refractivity contribution in [2.75, 3.05) is 20.1 Å². The van der Waals surface area contributed by atoms with Crippen LogP contribution in [-0.2, 0) is 10.0 Å². The Morgan fingerprint density at radius 1 is 1.32 bits per heavy atom. The maximum atomic E-state index is 11.0. The maximum Gasteiger partial charge on any atom is 0.231 e. The fourth-order valence-corrected chi connectivity index (χ4v) is 3.44. The third kappa shape index (κ3) is 3.40. The van der Waals surface area contributed by atoms with E-state index in [2.05, 4.69) is 23.1 Å². The smallest absolute Gasteiger partial charge is 0.231 e. The van der Waals surface area contributed by atoms with Crippen LogP contribution in [0.3, 0.4) is 0 Å². The van der Waals surface area contributed by atoms with Crippen molar-refractivity contribution < 1.29 is 8.42 Å². The number of H-pyrrole nitrogens is 1. The predicted molar refractivity (Wildman–Crippen MR) is 89.9 cm³/mol. The van der Waals surface area contributed by atoms with Gasteiger partial charge >= 0.3 is 0 Å². The van der Waals surface area contributed by atoms with E-state index < -0.39 is 10.0 Å². The number of nitrogens with one attached hydrogen (secondary N) is 1. The summed E-state index contributed by atoms with van der Waals surface area (Å²) in [7, 11) is -1.44. The highest BCUT2D eigenvalue weighted by molar-refractivity contribution is 7.92. The average molecular weight is 319 g/mol. The first kappa shape index (κ1) is 15.3. The SMILES string of the molecule is CN1CCC(c2c[nH]c3ccc(/C=C/S(N)(=O)=O)cc23)CC1. The van der Waals surface area contributed by atoms with Crippen molar-refractivity contribution in [1.82, 2.24) is 9.88 Å². The number of piperidine rings is 1. The molecule has 118 valence electrons. The number of hydrogen-bond donors (Lipinski definition) is 2. The number of nitrogens with two attached hydrogens (primary N) is 1. The third-order valence-corrected chi connectivity index (χ3v) is 4.86. The molecule has 5 nitrogen and oxygen atoms in total. The van der Waals surface area contributed by atoms with E-state index >= 15 is 0 Å². The number of nitrogens with zero attached hydrogens (tertiary/aromatic N) is 1. The number of sulfonamides is 1. The Balaban J connectivity index is 1.93. The molecule has 2 heterocycles. The van der Waals surface area contributed by atoms with Crippen LogP contribution in [0.2, 0.25) is 0 Å². The van der Waals surface area contributed by atoms with E-state index in [1.54, 1.807) is 6.08 Å². The van der Waals surface area contributed by atoms with Gasteiger partial charge in [-0.3, -0.25) is 0 Å². The average Bonchev–Trinajstić information content (AvgIpc) is 2.88. The lowest BCUT2D eigenvalue weighted by molar-refractivity contribution is 0.256. The van der Waals surface area contributed by atoms with Crippen LogP contribution in [0.25, 0.3) is 17.0 Å². The van der Waals surface area contributed by atoms with E-state index in [1.807, 2.05) is 18.2 Å². The first-order chi connectivity index (χ1) is 10.4. The zero-order valence-corrected chi connectivity index (χ0v) is 13.4. The van der Waals surface area contributed by atoms with Crippen molar-refractivity contribution in [2.24, 2.45) is 5.14 Å². The molecule has 22 heavy (non-hydrogen) atoms. The molecule has 0 saturated carbocycles. The topological polar surface area (TPSA) is 79.2 Å². The van der Waals surface area contributed by atoms with Crippen LogP contribution in [-0.4, -0.2) is 38.4 Å². The highest BCUT2D eigenvalue weighted by atomic mass is 32.2. The van der Waals surface area contributed by atoms with Gasteiger partial charge in [0.05, 0.1) is 0 Å². The number of rotatable bonds is 3. The van der Waals surface area contributed by atoms with Crippen molar-refractivity contribution in [3.05, 3.63) is 40.9 Å². The van der Waals surface area contributed by atoms with Crippen LogP contribution in [0.1, 0.15) is 29.9 Å². The van der Waals surface area contributed by atoms with Gasteiger partial charge in [0.1, 0.15) is 0 Å². The molecule has 1 aromatic carbocycles. The molecule has 2 aromatic rings. The minimum atomic E-state index is -3.59. The third-order valence-electron chi connectivity index (χ3n) is 4.35. The first-order valence-corrected chi connectivity index (χ1v) is 9.04. The number of aromatic nitrogens is 1. The summed E-state index contributed by atoms with van der Waals surface area (Å²) in [6.45, 7) is 2.23. The summed E-state index contributed by atoms with van der Waals surface area (Å²) in [6, 6.07) is 5.90. The lowest BCUT2D eigenvalue weighted by Crippen LogP contribution is -2.29. The standard InChI is InChI=1S/C16H21N3O2S/c1-19-7-4-13(5-8-19)15-11-18-16-3-2-12(10-14(15)16)6-9-22(17,20)21/h2-3,6,9-11,13,18H,4-5,7-8H2,1H3,(H2,17,20,21)/b9-6+. The summed E-state index contributed by atoms with van der Waals surface area (Å²) in [5, 5.41) is 7.22. The Kier molecular flexibility index (Phi) is 4.08. The number of fused-ring (bicyclic) bond motifs is 1. The van der Waals surface area contributed by atoms with Crippen molar-refractivity contribution >= 4 is 27.0 Å². The van der Waals surface area contributed by atoms with Gasteiger partial charge in [-0.25, -0.2) is 13.6 Å². The molecule has 3 N–H and O–H groups in total. The molecule has 3 rings (SSSR count). The molecule has 0 aliphatic carbocycles. The minimum absolute atomic E-state index is 0.558. The Morgan fingerprint density at radius 2 is 2.05 bits per heavy atom. The highest BCUT2D eigenvalue weighted by Gasteiger charge is 2.20. The van der Waals surface area contributed by atoms with Gasteiger partial charge in [0.25, 0.3) is 0 Å². The molecule has 6 heteroatoms. The molecule has 0 unspecified atom stereocenters. The lowest BCUT2D eigenvalue weighted by atomic mass is 9.89. The van der Waals surface area contributed by atoms with Crippen molar-refractivity contribution in [3.8, 4) is 0 Å². The van der Waals surface area contributed by atoms with Gasteiger partial charge in [0, 0.05) is 22.5 Å². The summed E-state index contributed by atoms with van der Waals surface area (Å²) in [5.74, 6) is 0.558. The molecule has 0 spiro atoms. The van der Waals surface area contributed by atoms with E-state index in [-0.39, 0.29) is 0 Å². The molecule has 1 aliphatic rings. The largest absolute Gasteiger partial charge is 0.361 e. The summed E-state index contributed by atoms with van der Waals surface area (Å²) in [6.07, 6.45) is 5.94. The van der Waals surface area contributed by atoms with E-state index in [4.69, 9.17) is 5.14 Å². The van der Waals surface area contributed by atoms with Gasteiger partial charge in [0.15, 0.2) is 0 Å². The predicted octanol–water partition coefficient (Wildman–Crippen LogP) is 2.24. The Morgan fingerprint density at radius 3 is 2.73 bits per heavy atom. The molecule has 1 aromatic heterocycles. The fraction of sp³-hybridized carbons (Fsp3) is 0.375. The zero-order valence-electron chi connectivity index (χ0n) is 12.6. The van der Waals surface area contributed by atoms with Gasteiger partial charge in [0.2, 0.25) is 10.0 Å². The molecular weight excluding hydrogens is 298 g/mol. The van der Waals surface area contributed by atoms with E-state index in [0.717, 1.165) is 42.4 Å². The zero-order chi connectivity index (χ0) is 15.7. The normalized spacial score (nSPS) is 18.5. The number of aromatic amines is 1. The number of benzene rings is 1. The van der Waals surface area contributed by atoms with Gasteiger partial charge in [-0.15, -0.1) is 0 Å². The number of hydrogen-bond acceptors (Lipinski definition) is 3. The summed E-state index contributed by atoms with van der Waals surface area (Å²) in [4.78, 5) is 5.67. The van der Waals surface area contributed by atoms with Crippen LogP contribution in [0.15, 0.2) is 29.8 Å². The summed E-state index contributed by atoms with van der Waals surface area (Å²) < 4.78 is 22.1. The Hall–Kier alpha value is -1.63. The van der Waals surface area contributed by atoms with Crippen molar-refractivity contribution in [1.29, 1.82) is 0 Å². The van der Waals surface area contributed by atoms with Crippen LogP contribution in [0.4, 0.5) is 0 Å². The fourth-order valence-electron chi connectivity index (χ4n) is 3.09. The van der Waals surface area contributed by atoms with E-state index in [9.17, 15) is 8.42 Å². The second-order valence-electron chi connectivity index (χ2n) is 6.02. The molecular formula is C16H21N3O2S. The second-order valence-corrected chi connectivity index (χ2v) is 7.47. The van der Waals surface area contributed by atoms with E-state index in [0.29, 0.717) is 5.92 Å². The Labute approximate surface area is 130 Å². The van der Waals surface area contributed by atoms with Crippen molar-refractivity contribution in [3.63, 3.8) is 0 Å². The van der Waals surface area contributed by atoms with Crippen LogP contribution in [0, 0.1) is 0 Å². The minimum Gasteiger partial charge on any atom is -0.361 e. The quantitative estimate of drug-likeness (QED) is 0.910. The lowest BCUT2D eigenvalue weighted by Gasteiger charge is -2.28. The van der Waals surface area contributed by atoms with Gasteiger partial charge in [-0.2, -0.15) is 0 Å². The molecule has 0 atom stereocenters. The molecule has 1 fully saturated rings. The second kappa shape index (κ2) is 5.87. The maximum absolute atomic E-state index is 11.0. The van der Waals surface area contributed by atoms with Crippen LogP contribution in [0.5, 0.6) is 0 Å². The first-order valence-electron chi connectivity index (χ1n) is 7.43. The monoisotopic (exact) mass is 319 g/mol. The summed E-state index contributed by atoms with van der Waals surface area (Å²) >= 11 is 0. The van der Waals surface area contributed by atoms with Gasteiger partial charge in [-0.1, -0.05) is 6.07 Å². The van der Waals surface area contributed by atoms with Crippen molar-refractivity contribution in [2.45, 2.75) is 18.8 Å². The molecule has 0 bridgehead atoms. The van der Waals surface area contributed by atoms with Gasteiger partial charge < -0.3 is 9.88 Å². The van der Waals surface area contributed by atoms with Crippen LogP contribution >= 0.6 is 0 Å². The van der Waals surface area contributed by atoms with Gasteiger partial charge in [-0.05, 0) is 68.2 Å². The van der Waals surface area contributed by atoms with E-state index in [1.165, 1.54) is 10.9 Å². The Bertz CT molecular complexity index is 800. The number of likely N-dealkylation sites (tertiary alicyclic amines) is 1. The molecule has 0 radical (unpaired) electrons. The molecule has 1 saturated heterocycles. The summed E-state index contributed by atoms with van der Waals surface area (Å²) in [5.41, 5.74) is 3.26. The number of primary sulfonamides is 1. The highest BCUT2D eigenvalue weighted by Crippen LogP contribution is 2.33. The van der Waals surface area contributed by atoms with Crippen LogP contribution < -0.4 is 5.14 Å².